The highest BCUT2D eigenvalue weighted by molar-refractivity contribution is 7.99. The Balaban J connectivity index is 1.65. The molecule has 0 fully saturated rings. The number of carbonyl (C=O) groups is 3. The van der Waals surface area contributed by atoms with Crippen LogP contribution in [0.25, 0.3) is 0 Å². The number of carbonyl (C=O) groups excluding carboxylic acids is 3. The Labute approximate surface area is 178 Å². The first-order valence-electron chi connectivity index (χ1n) is 9.25. The van der Waals surface area contributed by atoms with Gasteiger partial charge in [0, 0.05) is 22.3 Å². The number of nitrogens with zero attached hydrogens (tertiary/aromatic N) is 1. The molecule has 2 aromatic carbocycles. The van der Waals surface area contributed by atoms with E-state index < -0.39 is 18.0 Å². The van der Waals surface area contributed by atoms with Gasteiger partial charge < -0.3 is 10.1 Å². The smallest absolute Gasteiger partial charge is 0.341 e. The fourth-order valence-electron chi connectivity index (χ4n) is 2.54. The Morgan fingerprint density at radius 2 is 1.67 bits per heavy atom. The van der Waals surface area contributed by atoms with Gasteiger partial charge in [-0.05, 0) is 62.4 Å². The van der Waals surface area contributed by atoms with Crippen molar-refractivity contribution >= 4 is 35.1 Å². The summed E-state index contributed by atoms with van der Waals surface area (Å²) in [6.45, 7) is 2.97. The van der Waals surface area contributed by atoms with Crippen LogP contribution in [-0.2, 0) is 9.53 Å². The van der Waals surface area contributed by atoms with Crippen molar-refractivity contribution in [2.75, 3.05) is 5.32 Å². The lowest BCUT2D eigenvalue weighted by Gasteiger charge is -2.15. The summed E-state index contributed by atoms with van der Waals surface area (Å²) in [5.74, 6) is -1.16. The van der Waals surface area contributed by atoms with Gasteiger partial charge in [-0.2, -0.15) is 0 Å². The van der Waals surface area contributed by atoms with Crippen molar-refractivity contribution < 1.29 is 19.1 Å². The summed E-state index contributed by atoms with van der Waals surface area (Å²) < 4.78 is 5.35. The third-order valence-electron chi connectivity index (χ3n) is 4.16. The van der Waals surface area contributed by atoms with Crippen LogP contribution in [-0.4, -0.2) is 28.7 Å². The van der Waals surface area contributed by atoms with E-state index in [-0.39, 0.29) is 11.3 Å². The number of benzene rings is 2. The molecule has 0 aliphatic rings. The van der Waals surface area contributed by atoms with Crippen LogP contribution in [0.15, 0.2) is 82.8 Å². The maximum atomic E-state index is 12.6. The quantitative estimate of drug-likeness (QED) is 0.443. The molecule has 0 spiro atoms. The first-order valence-corrected chi connectivity index (χ1v) is 10.1. The van der Waals surface area contributed by atoms with E-state index in [4.69, 9.17) is 4.74 Å². The molecule has 6 nitrogen and oxygen atoms in total. The molecule has 1 atom stereocenters. The SMILES string of the molecule is CC(=O)c1ccc(NC(=O)C(C)OC(=O)c2cccnc2Sc2ccccc2)cc1. The number of hydrogen-bond acceptors (Lipinski definition) is 6. The van der Waals surface area contributed by atoms with Crippen LogP contribution in [0.5, 0.6) is 0 Å². The second-order valence-corrected chi connectivity index (χ2v) is 7.50. The van der Waals surface area contributed by atoms with Gasteiger partial charge in [-0.15, -0.1) is 0 Å². The average Bonchev–Trinajstić information content (AvgIpc) is 2.75. The van der Waals surface area contributed by atoms with Crippen LogP contribution in [0.3, 0.4) is 0 Å². The topological polar surface area (TPSA) is 85.4 Å². The molecule has 1 unspecified atom stereocenters. The van der Waals surface area contributed by atoms with E-state index in [9.17, 15) is 14.4 Å². The van der Waals surface area contributed by atoms with Gasteiger partial charge in [0.25, 0.3) is 5.91 Å². The maximum absolute atomic E-state index is 12.6. The first-order chi connectivity index (χ1) is 14.4. The summed E-state index contributed by atoms with van der Waals surface area (Å²) in [4.78, 5) is 41.6. The minimum absolute atomic E-state index is 0.0594. The van der Waals surface area contributed by atoms with E-state index in [1.807, 2.05) is 30.3 Å². The molecular weight excluding hydrogens is 400 g/mol. The highest BCUT2D eigenvalue weighted by atomic mass is 32.2. The van der Waals surface area contributed by atoms with E-state index >= 15 is 0 Å². The second-order valence-electron chi connectivity index (χ2n) is 6.44. The summed E-state index contributed by atoms with van der Waals surface area (Å²) in [5.41, 5.74) is 1.35. The van der Waals surface area contributed by atoms with E-state index in [1.54, 1.807) is 42.6 Å². The minimum atomic E-state index is -1.01. The second kappa shape index (κ2) is 9.84. The zero-order chi connectivity index (χ0) is 21.5. The highest BCUT2D eigenvalue weighted by Crippen LogP contribution is 2.28. The van der Waals surface area contributed by atoms with Gasteiger partial charge >= 0.3 is 5.97 Å². The lowest BCUT2D eigenvalue weighted by molar-refractivity contribution is -0.123. The van der Waals surface area contributed by atoms with Crippen molar-refractivity contribution in [2.24, 2.45) is 0 Å². The zero-order valence-corrected chi connectivity index (χ0v) is 17.3. The van der Waals surface area contributed by atoms with Crippen molar-refractivity contribution in [2.45, 2.75) is 29.9 Å². The molecule has 1 heterocycles. The third kappa shape index (κ3) is 5.55. The molecule has 0 bridgehead atoms. The molecule has 0 saturated heterocycles. The number of ether oxygens (including phenoxy) is 1. The fraction of sp³-hybridized carbons (Fsp3) is 0.130. The number of Topliss-reactive ketones (excluding diaryl/α,β-unsaturated/α-hetero) is 1. The minimum Gasteiger partial charge on any atom is -0.449 e. The van der Waals surface area contributed by atoms with Crippen molar-refractivity contribution in [1.82, 2.24) is 4.98 Å². The molecule has 0 saturated carbocycles. The third-order valence-corrected chi connectivity index (χ3v) is 5.19. The van der Waals surface area contributed by atoms with Crippen LogP contribution in [0.2, 0.25) is 0 Å². The number of nitrogens with one attached hydrogen (secondary N) is 1. The Kier molecular flexibility index (Phi) is 6.98. The van der Waals surface area contributed by atoms with Gasteiger partial charge in [0.05, 0.1) is 5.56 Å². The highest BCUT2D eigenvalue weighted by Gasteiger charge is 2.22. The summed E-state index contributed by atoms with van der Waals surface area (Å²) in [7, 11) is 0. The number of esters is 1. The van der Waals surface area contributed by atoms with Gasteiger partial charge in [-0.3, -0.25) is 9.59 Å². The molecule has 0 aliphatic heterocycles. The van der Waals surface area contributed by atoms with Gasteiger partial charge in [-0.25, -0.2) is 9.78 Å². The lowest BCUT2D eigenvalue weighted by Crippen LogP contribution is -2.30. The van der Waals surface area contributed by atoms with Gasteiger partial charge in [0.15, 0.2) is 11.9 Å². The van der Waals surface area contributed by atoms with Gasteiger partial charge in [-0.1, -0.05) is 30.0 Å². The lowest BCUT2D eigenvalue weighted by atomic mass is 10.1. The van der Waals surface area contributed by atoms with Crippen LogP contribution in [0, 0.1) is 0 Å². The van der Waals surface area contributed by atoms with Crippen LogP contribution < -0.4 is 5.32 Å². The number of anilines is 1. The Morgan fingerprint density at radius 3 is 2.33 bits per heavy atom. The molecule has 1 N–H and O–H groups in total. The molecule has 3 aromatic rings. The predicted molar refractivity (Wildman–Crippen MR) is 115 cm³/mol. The molecular formula is C23H20N2O4S. The van der Waals surface area contributed by atoms with Crippen molar-refractivity contribution in [1.29, 1.82) is 0 Å². The average molecular weight is 420 g/mol. The molecule has 3 rings (SSSR count). The van der Waals surface area contributed by atoms with E-state index in [1.165, 1.54) is 25.6 Å². The Morgan fingerprint density at radius 1 is 0.967 bits per heavy atom. The van der Waals surface area contributed by atoms with Crippen LogP contribution >= 0.6 is 11.8 Å². The molecule has 1 aromatic heterocycles. The Bertz CT molecular complexity index is 1050. The van der Waals surface area contributed by atoms with Gasteiger partial charge in [0.1, 0.15) is 5.03 Å². The number of ketones is 1. The fourth-order valence-corrected chi connectivity index (χ4v) is 3.43. The standard InChI is InChI=1S/C23H20N2O4S/c1-15(26)17-10-12-18(13-11-17)25-21(27)16(2)29-23(28)20-9-6-14-24-22(20)30-19-7-4-3-5-8-19/h3-14,16H,1-2H3,(H,25,27). The van der Waals surface area contributed by atoms with Gasteiger partial charge in [0.2, 0.25) is 0 Å². The summed E-state index contributed by atoms with van der Waals surface area (Å²) >= 11 is 1.34. The number of amides is 1. The van der Waals surface area contributed by atoms with Crippen LogP contribution in [0.4, 0.5) is 5.69 Å². The number of hydrogen-bond donors (Lipinski definition) is 1. The normalized spacial score (nSPS) is 11.4. The summed E-state index contributed by atoms with van der Waals surface area (Å²) in [6, 6.07) is 19.3. The number of rotatable bonds is 7. The molecule has 0 aliphatic carbocycles. The molecule has 7 heteroatoms. The largest absolute Gasteiger partial charge is 0.449 e. The molecule has 152 valence electrons. The maximum Gasteiger partial charge on any atom is 0.341 e. The monoisotopic (exact) mass is 420 g/mol. The Hall–Kier alpha value is -3.45. The zero-order valence-electron chi connectivity index (χ0n) is 16.5. The van der Waals surface area contributed by atoms with Crippen molar-refractivity contribution in [3.05, 3.63) is 84.1 Å². The molecule has 0 radical (unpaired) electrons. The van der Waals surface area contributed by atoms with E-state index in [0.717, 1.165) is 4.90 Å². The van der Waals surface area contributed by atoms with E-state index in [0.29, 0.717) is 16.3 Å². The number of aromatic nitrogens is 1. The molecule has 30 heavy (non-hydrogen) atoms. The van der Waals surface area contributed by atoms with Crippen molar-refractivity contribution in [3.8, 4) is 0 Å². The number of pyridine rings is 1. The molecule has 1 amide bonds. The predicted octanol–water partition coefficient (Wildman–Crippen LogP) is 4.62. The summed E-state index contributed by atoms with van der Waals surface area (Å²) in [5, 5.41) is 3.17. The van der Waals surface area contributed by atoms with Crippen molar-refractivity contribution in [3.63, 3.8) is 0 Å². The summed E-state index contributed by atoms with van der Waals surface area (Å²) in [6.07, 6.45) is 0.586. The first kappa shape index (κ1) is 21.3. The van der Waals surface area contributed by atoms with E-state index in [2.05, 4.69) is 10.3 Å². The van der Waals surface area contributed by atoms with Crippen LogP contribution in [0.1, 0.15) is 34.6 Å².